The fourth-order valence-electron chi connectivity index (χ4n) is 2.56. The second-order valence-corrected chi connectivity index (χ2v) is 4.53. The number of rotatable bonds is 3. The molecule has 0 spiro atoms. The molecule has 0 aromatic carbocycles. The van der Waals surface area contributed by atoms with Crippen LogP contribution in [0.1, 0.15) is 45.4 Å². The predicted molar refractivity (Wildman–Crippen MR) is 62.6 cm³/mol. The van der Waals surface area contributed by atoms with Gasteiger partial charge in [0.2, 0.25) is 0 Å². The molecule has 14 heavy (non-hydrogen) atoms. The van der Waals surface area contributed by atoms with Gasteiger partial charge < -0.3 is 10.2 Å². The summed E-state index contributed by atoms with van der Waals surface area (Å²) in [5.41, 5.74) is 0. The molecule has 2 nitrogen and oxygen atoms in total. The van der Waals surface area contributed by atoms with Crippen molar-refractivity contribution in [2.24, 2.45) is 0 Å². The Balaban J connectivity index is 2.53. The molecular formula is C12H26N2. The Morgan fingerprint density at radius 3 is 2.36 bits per heavy atom. The largest absolute Gasteiger partial charge is 0.315 e. The average molecular weight is 198 g/mol. The Morgan fingerprint density at radius 2 is 1.79 bits per heavy atom. The van der Waals surface area contributed by atoms with E-state index in [1.54, 1.807) is 0 Å². The highest BCUT2D eigenvalue weighted by atomic mass is 15.2. The van der Waals surface area contributed by atoms with Gasteiger partial charge in [0, 0.05) is 12.1 Å². The van der Waals surface area contributed by atoms with Crippen LogP contribution in [0.15, 0.2) is 0 Å². The first kappa shape index (κ1) is 12.0. The molecule has 0 radical (unpaired) electrons. The number of hydrogen-bond donors (Lipinski definition) is 1. The number of hydrogen-bond acceptors (Lipinski definition) is 2. The molecule has 2 heteroatoms. The number of nitrogens with zero attached hydrogens (tertiary/aromatic N) is 1. The van der Waals surface area contributed by atoms with Crippen LogP contribution < -0.4 is 5.32 Å². The minimum Gasteiger partial charge on any atom is -0.315 e. The van der Waals surface area contributed by atoms with Gasteiger partial charge in [-0.2, -0.15) is 0 Å². The molecule has 1 aliphatic rings. The Labute approximate surface area is 89.1 Å². The van der Waals surface area contributed by atoms with Crippen LogP contribution in [-0.2, 0) is 0 Å². The molecule has 84 valence electrons. The van der Waals surface area contributed by atoms with Crippen molar-refractivity contribution >= 4 is 0 Å². The fraction of sp³-hybridized carbons (Fsp3) is 1.00. The maximum Gasteiger partial charge on any atom is 0.0246 e. The average Bonchev–Trinajstić information content (AvgIpc) is 2.17. The molecule has 0 amide bonds. The van der Waals surface area contributed by atoms with Crippen molar-refractivity contribution in [2.75, 3.05) is 20.6 Å². The lowest BCUT2D eigenvalue weighted by Crippen LogP contribution is -2.47. The highest BCUT2D eigenvalue weighted by Crippen LogP contribution is 2.20. The minimum atomic E-state index is 0.709. The highest BCUT2D eigenvalue weighted by molar-refractivity contribution is 4.83. The van der Waals surface area contributed by atoms with Crippen molar-refractivity contribution in [3.05, 3.63) is 0 Å². The third-order valence-corrected chi connectivity index (χ3v) is 3.67. The maximum absolute atomic E-state index is 3.50. The smallest absolute Gasteiger partial charge is 0.0246 e. The Hall–Kier alpha value is -0.0800. The van der Waals surface area contributed by atoms with Gasteiger partial charge in [-0.25, -0.2) is 0 Å². The minimum absolute atomic E-state index is 0.709. The molecule has 2 unspecified atom stereocenters. The van der Waals surface area contributed by atoms with Gasteiger partial charge in [0.05, 0.1) is 0 Å². The van der Waals surface area contributed by atoms with Crippen molar-refractivity contribution in [2.45, 2.75) is 57.5 Å². The van der Waals surface area contributed by atoms with E-state index < -0.39 is 0 Å². The summed E-state index contributed by atoms with van der Waals surface area (Å²) >= 11 is 0. The monoisotopic (exact) mass is 198 g/mol. The topological polar surface area (TPSA) is 15.3 Å². The van der Waals surface area contributed by atoms with E-state index in [1.165, 1.54) is 45.1 Å². The lowest BCUT2D eigenvalue weighted by molar-refractivity contribution is 0.174. The summed E-state index contributed by atoms with van der Waals surface area (Å²) in [6.45, 7) is 3.42. The third-order valence-electron chi connectivity index (χ3n) is 3.67. The Bertz CT molecular complexity index is 147. The van der Waals surface area contributed by atoms with E-state index >= 15 is 0 Å². The summed E-state index contributed by atoms with van der Waals surface area (Å²) in [6, 6.07) is 1.46. The lowest BCUT2D eigenvalue weighted by atomic mass is 9.91. The van der Waals surface area contributed by atoms with Gasteiger partial charge in [0.1, 0.15) is 0 Å². The van der Waals surface area contributed by atoms with Crippen molar-refractivity contribution in [3.8, 4) is 0 Å². The van der Waals surface area contributed by atoms with Gasteiger partial charge in [-0.05, 0) is 33.5 Å². The summed E-state index contributed by atoms with van der Waals surface area (Å²) < 4.78 is 0. The van der Waals surface area contributed by atoms with Gasteiger partial charge in [0.25, 0.3) is 0 Å². The highest BCUT2D eigenvalue weighted by Gasteiger charge is 2.23. The van der Waals surface area contributed by atoms with Crippen LogP contribution in [-0.4, -0.2) is 37.6 Å². The van der Waals surface area contributed by atoms with Crippen LogP contribution >= 0.6 is 0 Å². The zero-order valence-corrected chi connectivity index (χ0v) is 10.1. The van der Waals surface area contributed by atoms with Crippen molar-refractivity contribution in [1.29, 1.82) is 0 Å². The Kier molecular flexibility index (Phi) is 5.49. The second-order valence-electron chi connectivity index (χ2n) is 4.53. The zero-order chi connectivity index (χ0) is 10.4. The summed E-state index contributed by atoms with van der Waals surface area (Å²) in [5.74, 6) is 0. The normalized spacial score (nSPS) is 30.0. The van der Waals surface area contributed by atoms with Crippen LogP contribution in [0.5, 0.6) is 0 Å². The zero-order valence-electron chi connectivity index (χ0n) is 10.1. The molecule has 0 saturated heterocycles. The van der Waals surface area contributed by atoms with Gasteiger partial charge >= 0.3 is 0 Å². The van der Waals surface area contributed by atoms with Crippen LogP contribution in [0.3, 0.4) is 0 Å². The van der Waals surface area contributed by atoms with Gasteiger partial charge in [-0.15, -0.1) is 0 Å². The van der Waals surface area contributed by atoms with Crippen LogP contribution in [0, 0.1) is 0 Å². The molecule has 1 aliphatic carbocycles. The van der Waals surface area contributed by atoms with Crippen LogP contribution in [0.2, 0.25) is 0 Å². The summed E-state index contributed by atoms with van der Waals surface area (Å²) in [5, 5.41) is 3.50. The second kappa shape index (κ2) is 6.41. The first-order valence-corrected chi connectivity index (χ1v) is 6.17. The van der Waals surface area contributed by atoms with Gasteiger partial charge in [0.15, 0.2) is 0 Å². The summed E-state index contributed by atoms with van der Waals surface area (Å²) in [4.78, 5) is 2.51. The molecule has 1 rings (SSSR count). The van der Waals surface area contributed by atoms with Gasteiger partial charge in [-0.3, -0.25) is 0 Å². The SMILES string of the molecule is CCN(C)C1CCCCCCC1NC. The lowest BCUT2D eigenvalue weighted by Gasteiger charge is -2.35. The molecular weight excluding hydrogens is 172 g/mol. The van der Waals surface area contributed by atoms with E-state index in [0.717, 1.165) is 6.04 Å². The van der Waals surface area contributed by atoms with E-state index in [1.807, 2.05) is 0 Å². The van der Waals surface area contributed by atoms with E-state index in [2.05, 4.69) is 31.2 Å². The van der Waals surface area contributed by atoms with Crippen LogP contribution in [0.4, 0.5) is 0 Å². The van der Waals surface area contributed by atoms with E-state index in [9.17, 15) is 0 Å². The Morgan fingerprint density at radius 1 is 1.14 bits per heavy atom. The molecule has 0 bridgehead atoms. The molecule has 1 fully saturated rings. The molecule has 2 atom stereocenters. The third kappa shape index (κ3) is 3.25. The summed E-state index contributed by atoms with van der Waals surface area (Å²) in [6.07, 6.45) is 8.40. The predicted octanol–water partition coefficient (Wildman–Crippen LogP) is 2.25. The molecule has 1 N–H and O–H groups in total. The number of likely N-dealkylation sites (N-methyl/N-ethyl adjacent to an activating group) is 2. The van der Waals surface area contributed by atoms with Gasteiger partial charge in [-0.1, -0.05) is 32.6 Å². The molecule has 0 aromatic heterocycles. The van der Waals surface area contributed by atoms with E-state index in [4.69, 9.17) is 0 Å². The van der Waals surface area contributed by atoms with E-state index in [0.29, 0.717) is 6.04 Å². The first-order chi connectivity index (χ1) is 6.79. The summed E-state index contributed by atoms with van der Waals surface area (Å²) in [7, 11) is 4.37. The van der Waals surface area contributed by atoms with Crippen molar-refractivity contribution in [3.63, 3.8) is 0 Å². The quantitative estimate of drug-likeness (QED) is 0.748. The molecule has 1 saturated carbocycles. The molecule has 0 aliphatic heterocycles. The standard InChI is InChI=1S/C12H26N2/c1-4-14(3)12-10-8-6-5-7-9-11(12)13-2/h11-13H,4-10H2,1-3H3. The molecule has 0 aromatic rings. The van der Waals surface area contributed by atoms with E-state index in [-0.39, 0.29) is 0 Å². The van der Waals surface area contributed by atoms with Crippen molar-refractivity contribution < 1.29 is 0 Å². The van der Waals surface area contributed by atoms with Crippen LogP contribution in [0.25, 0.3) is 0 Å². The van der Waals surface area contributed by atoms with Crippen molar-refractivity contribution in [1.82, 2.24) is 10.2 Å². The molecule has 0 heterocycles. The maximum atomic E-state index is 3.50. The first-order valence-electron chi connectivity index (χ1n) is 6.17. The fourth-order valence-corrected chi connectivity index (χ4v) is 2.56. The number of nitrogens with one attached hydrogen (secondary N) is 1.